The summed E-state index contributed by atoms with van der Waals surface area (Å²) in [4.78, 5) is 13.5. The molecule has 0 spiro atoms. The largest absolute Gasteiger partial charge is 0.416 e. The number of carbonyl (C=O) groups is 1. The van der Waals surface area contributed by atoms with E-state index >= 15 is 0 Å². The number of nitrogens with zero attached hydrogens (tertiary/aromatic N) is 1. The van der Waals surface area contributed by atoms with Crippen molar-refractivity contribution in [2.24, 2.45) is 5.73 Å². The number of hydrogen-bond acceptors (Lipinski definition) is 2. The number of hydrogen-bond donors (Lipinski definition) is 1. The van der Waals surface area contributed by atoms with E-state index in [-0.39, 0.29) is 0 Å². The van der Waals surface area contributed by atoms with E-state index < -0.39 is 23.7 Å². The van der Waals surface area contributed by atoms with Crippen molar-refractivity contribution in [1.82, 2.24) is 0 Å². The molecule has 0 saturated heterocycles. The average molecular weight is 344 g/mol. The van der Waals surface area contributed by atoms with E-state index in [4.69, 9.17) is 5.73 Å². The molecule has 0 aliphatic carbocycles. The number of primary amides is 1. The first-order chi connectivity index (χ1) is 11.9. The molecule has 0 bridgehead atoms. The van der Waals surface area contributed by atoms with Gasteiger partial charge in [-0.3, -0.25) is 4.79 Å². The molecule has 1 amide bonds. The number of benzene rings is 2. The van der Waals surface area contributed by atoms with E-state index in [2.05, 4.69) is 0 Å². The zero-order valence-corrected chi connectivity index (χ0v) is 13.1. The number of amides is 1. The lowest BCUT2D eigenvalue weighted by atomic mass is 9.93. The Morgan fingerprint density at radius 2 is 1.76 bits per heavy atom. The Balaban J connectivity index is 2.09. The average Bonchev–Trinajstić information content (AvgIpc) is 2.61. The Morgan fingerprint density at radius 3 is 2.40 bits per heavy atom. The van der Waals surface area contributed by atoms with Gasteiger partial charge in [0.25, 0.3) is 0 Å². The van der Waals surface area contributed by atoms with Crippen molar-refractivity contribution >= 4 is 11.6 Å². The maximum atomic E-state index is 13.0. The van der Waals surface area contributed by atoms with Crippen LogP contribution in [0.3, 0.4) is 0 Å². The number of allylic oxidation sites excluding steroid dienone is 2. The van der Waals surface area contributed by atoms with Gasteiger partial charge in [-0.2, -0.15) is 13.2 Å². The fourth-order valence-corrected chi connectivity index (χ4v) is 2.84. The summed E-state index contributed by atoms with van der Waals surface area (Å²) >= 11 is 0. The van der Waals surface area contributed by atoms with Crippen molar-refractivity contribution < 1.29 is 18.0 Å². The van der Waals surface area contributed by atoms with E-state index in [1.54, 1.807) is 53.6 Å². The van der Waals surface area contributed by atoms with Crippen LogP contribution in [0.2, 0.25) is 0 Å². The van der Waals surface area contributed by atoms with Crippen LogP contribution >= 0.6 is 0 Å². The summed E-state index contributed by atoms with van der Waals surface area (Å²) in [5.74, 6) is -0.616. The Kier molecular flexibility index (Phi) is 4.35. The molecule has 2 aromatic rings. The summed E-state index contributed by atoms with van der Waals surface area (Å²) < 4.78 is 39.1. The quantitative estimate of drug-likeness (QED) is 0.907. The van der Waals surface area contributed by atoms with Crippen LogP contribution in [-0.4, -0.2) is 5.91 Å². The highest BCUT2D eigenvalue weighted by atomic mass is 19.4. The summed E-state index contributed by atoms with van der Waals surface area (Å²) in [6, 6.07) is 13.4. The third-order valence-electron chi connectivity index (χ3n) is 3.97. The normalized spacial score (nSPS) is 17.3. The number of anilines is 1. The van der Waals surface area contributed by atoms with Gasteiger partial charge in [0, 0.05) is 17.5 Å². The fourth-order valence-electron chi connectivity index (χ4n) is 2.84. The number of alkyl halides is 3. The molecule has 2 aromatic carbocycles. The van der Waals surface area contributed by atoms with E-state index in [1.807, 2.05) is 6.07 Å². The summed E-state index contributed by atoms with van der Waals surface area (Å²) in [5.41, 5.74) is 6.13. The number of carbonyl (C=O) groups excluding carboxylic acids is 1. The van der Waals surface area contributed by atoms with Crippen LogP contribution < -0.4 is 10.6 Å². The van der Waals surface area contributed by atoms with Gasteiger partial charge >= 0.3 is 6.18 Å². The Bertz CT molecular complexity index is 841. The van der Waals surface area contributed by atoms with E-state index in [0.717, 1.165) is 17.7 Å². The molecule has 2 N–H and O–H groups in total. The lowest BCUT2D eigenvalue weighted by Crippen LogP contribution is -2.32. The summed E-state index contributed by atoms with van der Waals surface area (Å²) in [5, 5.41) is 0. The van der Waals surface area contributed by atoms with Crippen molar-refractivity contribution in [3.8, 4) is 0 Å². The van der Waals surface area contributed by atoms with E-state index in [9.17, 15) is 18.0 Å². The van der Waals surface area contributed by atoms with Gasteiger partial charge in [-0.25, -0.2) is 0 Å². The Hall–Kier alpha value is -3.02. The second-order valence-electron chi connectivity index (χ2n) is 5.60. The van der Waals surface area contributed by atoms with Crippen LogP contribution in [0, 0.1) is 0 Å². The first-order valence-electron chi connectivity index (χ1n) is 7.56. The highest BCUT2D eigenvalue weighted by Gasteiger charge is 2.33. The Labute approximate surface area is 142 Å². The first kappa shape index (κ1) is 16.8. The van der Waals surface area contributed by atoms with Gasteiger partial charge < -0.3 is 10.6 Å². The van der Waals surface area contributed by atoms with Gasteiger partial charge in [-0.15, -0.1) is 0 Å². The first-order valence-corrected chi connectivity index (χ1v) is 7.56. The number of halogens is 3. The second-order valence-corrected chi connectivity index (χ2v) is 5.60. The van der Waals surface area contributed by atoms with E-state index in [0.29, 0.717) is 11.3 Å². The summed E-state index contributed by atoms with van der Waals surface area (Å²) in [6.07, 6.45) is 0.379. The second kappa shape index (κ2) is 6.47. The molecule has 3 nitrogen and oxygen atoms in total. The van der Waals surface area contributed by atoms with Crippen molar-refractivity contribution in [3.05, 3.63) is 89.6 Å². The molecule has 0 aromatic heterocycles. The standard InChI is InChI=1S/C19H15F3N2O/c20-19(21,22)14-8-4-9-15(12-14)24-11-5-10-16(18(23)25)17(24)13-6-2-1-3-7-13/h1-12,17H,(H2,23,25). The SMILES string of the molecule is NC(=O)C1=CC=CN(c2cccc(C(F)(F)F)c2)C1c1ccccc1. The predicted molar refractivity (Wildman–Crippen MR) is 89.5 cm³/mol. The van der Waals surface area contributed by atoms with E-state index in [1.165, 1.54) is 6.07 Å². The zero-order valence-electron chi connectivity index (χ0n) is 13.1. The molecule has 1 atom stereocenters. The number of nitrogens with two attached hydrogens (primary N) is 1. The molecule has 3 rings (SSSR count). The van der Waals surface area contributed by atoms with Gasteiger partial charge in [0.2, 0.25) is 5.91 Å². The molecule has 0 saturated carbocycles. The maximum absolute atomic E-state index is 13.0. The van der Waals surface area contributed by atoms with Gasteiger partial charge in [-0.1, -0.05) is 36.4 Å². The molecule has 128 valence electrons. The monoisotopic (exact) mass is 344 g/mol. The lowest BCUT2D eigenvalue weighted by Gasteiger charge is -2.34. The van der Waals surface area contributed by atoms with Crippen LogP contribution in [-0.2, 0) is 11.0 Å². The highest BCUT2D eigenvalue weighted by Crippen LogP contribution is 2.38. The molecule has 1 aliphatic rings. The smallest absolute Gasteiger partial charge is 0.366 e. The van der Waals surface area contributed by atoms with Crippen molar-refractivity contribution in [3.63, 3.8) is 0 Å². The molecule has 1 aliphatic heterocycles. The fraction of sp³-hybridized carbons (Fsp3) is 0.105. The van der Waals surface area contributed by atoms with Gasteiger partial charge in [0.1, 0.15) is 0 Å². The minimum absolute atomic E-state index is 0.311. The Morgan fingerprint density at radius 1 is 1.04 bits per heavy atom. The predicted octanol–water partition coefficient (Wildman–Crippen LogP) is 4.19. The van der Waals surface area contributed by atoms with Crippen LogP contribution in [0.15, 0.2) is 78.5 Å². The minimum Gasteiger partial charge on any atom is -0.366 e. The van der Waals surface area contributed by atoms with Gasteiger partial charge in [-0.05, 0) is 35.9 Å². The highest BCUT2D eigenvalue weighted by molar-refractivity contribution is 5.95. The summed E-state index contributed by atoms with van der Waals surface area (Å²) in [7, 11) is 0. The molecule has 0 fully saturated rings. The van der Waals surface area contributed by atoms with Gasteiger partial charge in [0.05, 0.1) is 11.6 Å². The van der Waals surface area contributed by atoms with Crippen molar-refractivity contribution in [2.45, 2.75) is 12.2 Å². The third-order valence-corrected chi connectivity index (χ3v) is 3.97. The number of rotatable bonds is 3. The van der Waals surface area contributed by atoms with Crippen molar-refractivity contribution in [1.29, 1.82) is 0 Å². The molecular weight excluding hydrogens is 329 g/mol. The molecule has 25 heavy (non-hydrogen) atoms. The zero-order chi connectivity index (χ0) is 18.0. The van der Waals surface area contributed by atoms with Gasteiger partial charge in [0.15, 0.2) is 0 Å². The van der Waals surface area contributed by atoms with Crippen LogP contribution in [0.1, 0.15) is 17.2 Å². The molecule has 1 unspecified atom stereocenters. The minimum atomic E-state index is -4.44. The summed E-state index contributed by atoms with van der Waals surface area (Å²) in [6.45, 7) is 0. The lowest BCUT2D eigenvalue weighted by molar-refractivity contribution is -0.137. The topological polar surface area (TPSA) is 46.3 Å². The third kappa shape index (κ3) is 3.42. The van der Waals surface area contributed by atoms with Crippen LogP contribution in [0.5, 0.6) is 0 Å². The maximum Gasteiger partial charge on any atom is 0.416 e. The van der Waals surface area contributed by atoms with Crippen molar-refractivity contribution in [2.75, 3.05) is 4.90 Å². The molecular formula is C19H15F3N2O. The van der Waals surface area contributed by atoms with Crippen LogP contribution in [0.25, 0.3) is 0 Å². The molecule has 0 radical (unpaired) electrons. The van der Waals surface area contributed by atoms with Crippen LogP contribution in [0.4, 0.5) is 18.9 Å². The molecule has 6 heteroatoms. The molecule has 1 heterocycles.